The average molecular weight is 280 g/mol. The Morgan fingerprint density at radius 1 is 1.41 bits per heavy atom. The molecule has 0 heterocycles. The highest BCUT2D eigenvalue weighted by Crippen LogP contribution is 2.37. The van der Waals surface area contributed by atoms with E-state index in [0.29, 0.717) is 19.3 Å². The molecule has 0 aliphatic carbocycles. The van der Waals surface area contributed by atoms with E-state index in [9.17, 15) is 4.79 Å². The molecule has 0 amide bonds. The molecule has 0 bridgehead atoms. The van der Waals surface area contributed by atoms with Gasteiger partial charge in [0.25, 0.3) is 0 Å². The minimum atomic E-state index is -0.953. The van der Waals surface area contributed by atoms with Gasteiger partial charge in [0.2, 0.25) is 0 Å². The van der Waals surface area contributed by atoms with Crippen molar-refractivity contribution >= 4 is 29.2 Å². The second kappa shape index (κ2) is 6.47. The number of esters is 1. The van der Waals surface area contributed by atoms with Crippen LogP contribution in [0.5, 0.6) is 0 Å². The summed E-state index contributed by atoms with van der Waals surface area (Å²) in [4.78, 5) is 11.7. The van der Waals surface area contributed by atoms with E-state index in [1.54, 1.807) is 13.8 Å². The Kier molecular flexibility index (Phi) is 6.29. The van der Waals surface area contributed by atoms with Crippen molar-refractivity contribution in [1.29, 1.82) is 5.26 Å². The van der Waals surface area contributed by atoms with Crippen LogP contribution >= 0.6 is 23.2 Å². The van der Waals surface area contributed by atoms with Gasteiger partial charge in [-0.2, -0.15) is 5.26 Å². The zero-order chi connectivity index (χ0) is 13.7. The predicted molar refractivity (Wildman–Crippen MR) is 68.9 cm³/mol. The van der Waals surface area contributed by atoms with E-state index in [-0.39, 0.29) is 11.9 Å². The maximum atomic E-state index is 11.7. The molecule has 0 aromatic carbocycles. The number of hydrogen-bond acceptors (Lipinski definition) is 3. The molecule has 0 saturated heterocycles. The van der Waals surface area contributed by atoms with E-state index in [2.05, 4.69) is 6.07 Å². The quantitative estimate of drug-likeness (QED) is 0.550. The molecule has 2 atom stereocenters. The van der Waals surface area contributed by atoms with Crippen molar-refractivity contribution < 1.29 is 9.53 Å². The first-order valence-electron chi connectivity index (χ1n) is 5.54. The van der Waals surface area contributed by atoms with Gasteiger partial charge in [0.05, 0.1) is 24.5 Å². The lowest BCUT2D eigenvalue weighted by Crippen LogP contribution is -2.31. The summed E-state index contributed by atoms with van der Waals surface area (Å²) in [5, 5.41) is 9.08. The van der Waals surface area contributed by atoms with E-state index in [0.717, 1.165) is 0 Å². The Bertz CT molecular complexity index is 307. The van der Waals surface area contributed by atoms with Crippen LogP contribution in [0.15, 0.2) is 0 Å². The topological polar surface area (TPSA) is 50.1 Å². The first-order valence-corrected chi connectivity index (χ1v) is 6.30. The Morgan fingerprint density at radius 2 is 1.94 bits per heavy atom. The normalized spacial score (nSPS) is 16.8. The van der Waals surface area contributed by atoms with E-state index in [4.69, 9.17) is 33.2 Å². The van der Waals surface area contributed by atoms with Crippen molar-refractivity contribution in [2.75, 3.05) is 7.11 Å². The summed E-state index contributed by atoms with van der Waals surface area (Å²) in [6.45, 7) is 5.33. The molecule has 0 N–H and O–H groups in total. The zero-order valence-electron chi connectivity index (χ0n) is 10.7. The van der Waals surface area contributed by atoms with Crippen molar-refractivity contribution in [3.05, 3.63) is 0 Å². The van der Waals surface area contributed by atoms with E-state index in [1.807, 2.05) is 6.92 Å². The number of carbonyl (C=O) groups is 1. The zero-order valence-corrected chi connectivity index (χ0v) is 12.2. The highest BCUT2D eigenvalue weighted by atomic mass is 35.5. The number of methoxy groups -OCH3 is 1. The fourth-order valence-corrected chi connectivity index (χ4v) is 2.13. The highest BCUT2D eigenvalue weighted by molar-refractivity contribution is 6.48. The summed E-state index contributed by atoms with van der Waals surface area (Å²) in [5.41, 5.74) is -0.659. The van der Waals surface area contributed by atoms with Crippen LogP contribution in [0.2, 0.25) is 0 Å². The van der Waals surface area contributed by atoms with Crippen LogP contribution in [0.4, 0.5) is 0 Å². The lowest BCUT2D eigenvalue weighted by Gasteiger charge is -2.28. The third-order valence-electron chi connectivity index (χ3n) is 2.94. The summed E-state index contributed by atoms with van der Waals surface area (Å²) in [7, 11) is 1.35. The van der Waals surface area contributed by atoms with Crippen molar-refractivity contribution in [1.82, 2.24) is 0 Å². The second-order valence-corrected chi connectivity index (χ2v) is 6.57. The maximum absolute atomic E-state index is 11.7. The van der Waals surface area contributed by atoms with Crippen LogP contribution in [0.25, 0.3) is 0 Å². The molecule has 5 heteroatoms. The summed E-state index contributed by atoms with van der Waals surface area (Å²) >= 11 is 11.8. The Hall–Kier alpha value is -0.460. The van der Waals surface area contributed by atoms with Gasteiger partial charge in [-0.15, -0.1) is 23.2 Å². The van der Waals surface area contributed by atoms with Gasteiger partial charge in [-0.1, -0.05) is 6.92 Å². The SMILES string of the molecule is CCC(C)(CC(C#N)CC(C)(Cl)Cl)C(=O)OC. The summed E-state index contributed by atoms with van der Waals surface area (Å²) in [6, 6.07) is 2.15. The fourth-order valence-electron chi connectivity index (χ4n) is 1.76. The van der Waals surface area contributed by atoms with Gasteiger partial charge < -0.3 is 4.74 Å². The van der Waals surface area contributed by atoms with Gasteiger partial charge in [0.15, 0.2) is 0 Å². The highest BCUT2D eigenvalue weighted by Gasteiger charge is 2.37. The average Bonchev–Trinajstić information content (AvgIpc) is 2.24. The van der Waals surface area contributed by atoms with Crippen LogP contribution in [0.1, 0.15) is 40.0 Å². The molecule has 98 valence electrons. The van der Waals surface area contributed by atoms with Crippen LogP contribution in [0.3, 0.4) is 0 Å². The van der Waals surface area contributed by atoms with Crippen molar-refractivity contribution in [3.63, 3.8) is 0 Å². The number of rotatable bonds is 6. The molecule has 0 spiro atoms. The lowest BCUT2D eigenvalue weighted by molar-refractivity contribution is -0.152. The molecule has 0 aromatic rings. The number of halogens is 2. The summed E-state index contributed by atoms with van der Waals surface area (Å²) < 4.78 is 3.81. The van der Waals surface area contributed by atoms with Crippen LogP contribution in [0, 0.1) is 22.7 Å². The number of nitriles is 1. The third kappa shape index (κ3) is 5.61. The maximum Gasteiger partial charge on any atom is 0.311 e. The standard InChI is InChI=1S/C12H19Cl2NO2/c1-5-11(2,10(16)17-4)6-9(8-15)7-12(3,13)14/h9H,5-7H2,1-4H3. The van der Waals surface area contributed by atoms with Crippen molar-refractivity contribution in [3.8, 4) is 6.07 Å². The first-order chi connectivity index (χ1) is 7.68. The fraction of sp³-hybridized carbons (Fsp3) is 0.833. The molecular weight excluding hydrogens is 261 g/mol. The van der Waals surface area contributed by atoms with E-state index in [1.165, 1.54) is 7.11 Å². The largest absolute Gasteiger partial charge is 0.469 e. The van der Waals surface area contributed by atoms with Crippen LogP contribution in [-0.2, 0) is 9.53 Å². The molecule has 0 radical (unpaired) electrons. The molecule has 3 nitrogen and oxygen atoms in total. The van der Waals surface area contributed by atoms with E-state index >= 15 is 0 Å². The van der Waals surface area contributed by atoms with Crippen molar-refractivity contribution in [2.45, 2.75) is 44.4 Å². The van der Waals surface area contributed by atoms with Crippen molar-refractivity contribution in [2.24, 2.45) is 11.3 Å². The van der Waals surface area contributed by atoms with Crippen LogP contribution < -0.4 is 0 Å². The lowest BCUT2D eigenvalue weighted by atomic mass is 9.78. The summed E-state index contributed by atoms with van der Waals surface area (Å²) in [6.07, 6.45) is 1.35. The molecule has 0 aromatic heterocycles. The Balaban J connectivity index is 4.76. The molecule has 0 aliphatic rings. The first kappa shape index (κ1) is 16.5. The van der Waals surface area contributed by atoms with Gasteiger partial charge >= 0.3 is 5.97 Å². The van der Waals surface area contributed by atoms with Gasteiger partial charge in [0.1, 0.15) is 4.33 Å². The summed E-state index contributed by atoms with van der Waals surface area (Å²) in [5.74, 6) is -0.662. The molecule has 0 rings (SSSR count). The second-order valence-electron chi connectivity index (χ2n) is 4.71. The Morgan fingerprint density at radius 3 is 2.24 bits per heavy atom. The number of carbonyl (C=O) groups excluding carboxylic acids is 1. The van der Waals surface area contributed by atoms with Gasteiger partial charge in [-0.3, -0.25) is 4.79 Å². The predicted octanol–water partition coefficient (Wildman–Crippen LogP) is 3.69. The van der Waals surface area contributed by atoms with Gasteiger partial charge in [-0.25, -0.2) is 0 Å². The molecule has 0 aliphatic heterocycles. The third-order valence-corrected chi connectivity index (χ3v) is 3.25. The van der Waals surface area contributed by atoms with Gasteiger partial charge in [0, 0.05) is 0 Å². The molecule has 0 fully saturated rings. The number of nitrogens with zero attached hydrogens (tertiary/aromatic N) is 1. The van der Waals surface area contributed by atoms with Gasteiger partial charge in [-0.05, 0) is 33.1 Å². The molecule has 17 heavy (non-hydrogen) atoms. The molecule has 0 saturated carbocycles. The Labute approximate surface area is 113 Å². The minimum absolute atomic E-state index is 0.300. The minimum Gasteiger partial charge on any atom is -0.469 e. The molecule has 2 unspecified atom stereocenters. The smallest absolute Gasteiger partial charge is 0.311 e. The number of alkyl halides is 2. The van der Waals surface area contributed by atoms with Crippen LogP contribution in [-0.4, -0.2) is 17.4 Å². The van der Waals surface area contributed by atoms with E-state index < -0.39 is 9.75 Å². The molecular formula is C12H19Cl2NO2. The monoisotopic (exact) mass is 279 g/mol. The number of hydrogen-bond donors (Lipinski definition) is 0. The number of ether oxygens (including phenoxy) is 1.